The number of carbonyl (C=O) groups excluding carboxylic acids is 3. The molecule has 0 saturated heterocycles. The van der Waals surface area contributed by atoms with Gasteiger partial charge in [-0.1, -0.05) is 6.07 Å². The number of hydrogen-bond donors (Lipinski definition) is 3. The molecule has 11 heteroatoms. The highest BCUT2D eigenvalue weighted by molar-refractivity contribution is 7.92. The molecular formula is C19H20FN3O6S. The number of sulfonamides is 1. The first-order valence-corrected chi connectivity index (χ1v) is 10.2. The molecule has 0 radical (unpaired) electrons. The fraction of sp³-hybridized carbons (Fsp3) is 0.211. The van der Waals surface area contributed by atoms with Crippen LogP contribution in [0.2, 0.25) is 0 Å². The van der Waals surface area contributed by atoms with Crippen molar-refractivity contribution in [2.24, 2.45) is 0 Å². The maximum Gasteiger partial charge on any atom is 0.338 e. The van der Waals surface area contributed by atoms with Crippen molar-refractivity contribution in [1.82, 2.24) is 10.6 Å². The van der Waals surface area contributed by atoms with Gasteiger partial charge in [-0.15, -0.1) is 0 Å². The number of rotatable bonds is 7. The van der Waals surface area contributed by atoms with Gasteiger partial charge in [0.15, 0.2) is 6.61 Å². The number of halogens is 1. The number of carbonyl (C=O) groups is 3. The van der Waals surface area contributed by atoms with Crippen molar-refractivity contribution in [1.29, 1.82) is 0 Å². The molecule has 0 bridgehead atoms. The van der Waals surface area contributed by atoms with E-state index in [0.29, 0.717) is 0 Å². The molecule has 0 spiro atoms. The number of anilines is 1. The smallest absolute Gasteiger partial charge is 0.338 e. The summed E-state index contributed by atoms with van der Waals surface area (Å²) < 4.78 is 45.0. The van der Waals surface area contributed by atoms with E-state index in [2.05, 4.69) is 10.0 Å². The van der Waals surface area contributed by atoms with Gasteiger partial charge in [0, 0.05) is 11.7 Å². The van der Waals surface area contributed by atoms with Gasteiger partial charge >= 0.3 is 12.0 Å². The highest BCUT2D eigenvalue weighted by atomic mass is 32.2. The van der Waals surface area contributed by atoms with Gasteiger partial charge in [0.05, 0.1) is 10.5 Å². The quantitative estimate of drug-likeness (QED) is 0.568. The van der Waals surface area contributed by atoms with Gasteiger partial charge in [-0.2, -0.15) is 0 Å². The maximum absolute atomic E-state index is 13.0. The first kappa shape index (κ1) is 22.8. The normalized spacial score (nSPS) is 10.9. The van der Waals surface area contributed by atoms with E-state index in [-0.39, 0.29) is 22.2 Å². The van der Waals surface area contributed by atoms with Crippen LogP contribution in [-0.4, -0.2) is 39.0 Å². The standard InChI is InChI=1S/C19H20FN3O6S/c1-12(2)21-19(26)22-17(24)11-29-18(25)13-4-3-5-16(10-13)30(27,28)23-15-8-6-14(20)7-9-15/h3-10,12,23H,11H2,1-2H3,(H2,21,22,24,26). The minimum Gasteiger partial charge on any atom is -0.452 e. The third-order valence-electron chi connectivity index (χ3n) is 3.48. The van der Waals surface area contributed by atoms with Crippen molar-refractivity contribution in [2.45, 2.75) is 24.8 Å². The minimum atomic E-state index is -4.05. The maximum atomic E-state index is 13.0. The number of imide groups is 1. The first-order chi connectivity index (χ1) is 14.1. The van der Waals surface area contributed by atoms with Crippen LogP contribution < -0.4 is 15.4 Å². The van der Waals surface area contributed by atoms with E-state index >= 15 is 0 Å². The number of urea groups is 1. The van der Waals surface area contributed by atoms with Crippen LogP contribution >= 0.6 is 0 Å². The van der Waals surface area contributed by atoms with E-state index in [1.807, 2.05) is 5.32 Å². The summed E-state index contributed by atoms with van der Waals surface area (Å²) in [7, 11) is -4.05. The van der Waals surface area contributed by atoms with Crippen LogP contribution in [0, 0.1) is 5.82 Å². The Bertz CT molecular complexity index is 1040. The molecule has 160 valence electrons. The first-order valence-electron chi connectivity index (χ1n) is 8.73. The molecule has 0 aliphatic rings. The zero-order valence-corrected chi connectivity index (χ0v) is 17.0. The van der Waals surface area contributed by atoms with Crippen molar-refractivity contribution in [3.05, 3.63) is 59.9 Å². The fourth-order valence-corrected chi connectivity index (χ4v) is 3.30. The number of esters is 1. The van der Waals surface area contributed by atoms with Gasteiger partial charge in [-0.25, -0.2) is 22.4 Å². The molecule has 9 nitrogen and oxygen atoms in total. The van der Waals surface area contributed by atoms with E-state index in [0.717, 1.165) is 18.2 Å². The van der Waals surface area contributed by atoms with Crippen molar-refractivity contribution < 1.29 is 31.9 Å². The molecule has 0 aliphatic heterocycles. The molecule has 2 rings (SSSR count). The third-order valence-corrected chi connectivity index (χ3v) is 4.86. The van der Waals surface area contributed by atoms with E-state index in [1.54, 1.807) is 13.8 Å². The minimum absolute atomic E-state index is 0.114. The molecule has 30 heavy (non-hydrogen) atoms. The molecule has 0 unspecified atom stereocenters. The van der Waals surface area contributed by atoms with Crippen LogP contribution in [0.4, 0.5) is 14.9 Å². The number of hydrogen-bond acceptors (Lipinski definition) is 6. The van der Waals surface area contributed by atoms with Crippen LogP contribution in [0.15, 0.2) is 53.4 Å². The Hall–Kier alpha value is -3.47. The van der Waals surface area contributed by atoms with Gasteiger partial charge in [-0.05, 0) is 56.3 Å². The average molecular weight is 437 g/mol. The van der Waals surface area contributed by atoms with Crippen LogP contribution in [0.25, 0.3) is 0 Å². The highest BCUT2D eigenvalue weighted by Crippen LogP contribution is 2.18. The number of nitrogens with one attached hydrogen (secondary N) is 3. The van der Waals surface area contributed by atoms with E-state index < -0.39 is 40.4 Å². The third kappa shape index (κ3) is 6.85. The molecule has 0 heterocycles. The summed E-state index contributed by atoms with van der Waals surface area (Å²) in [6.07, 6.45) is 0. The van der Waals surface area contributed by atoms with E-state index in [4.69, 9.17) is 4.74 Å². The number of benzene rings is 2. The lowest BCUT2D eigenvalue weighted by atomic mass is 10.2. The summed E-state index contributed by atoms with van der Waals surface area (Å²) in [5, 5.41) is 4.42. The average Bonchev–Trinajstić information content (AvgIpc) is 2.67. The van der Waals surface area contributed by atoms with Crippen molar-refractivity contribution in [2.75, 3.05) is 11.3 Å². The zero-order chi connectivity index (χ0) is 22.3. The second-order valence-corrected chi connectivity index (χ2v) is 8.08. The molecule has 2 aromatic carbocycles. The molecule has 3 amide bonds. The molecule has 0 fully saturated rings. The lowest BCUT2D eigenvalue weighted by Crippen LogP contribution is -2.44. The molecule has 0 aliphatic carbocycles. The molecule has 0 saturated carbocycles. The fourth-order valence-electron chi connectivity index (χ4n) is 2.20. The topological polar surface area (TPSA) is 131 Å². The predicted molar refractivity (Wildman–Crippen MR) is 106 cm³/mol. The number of amides is 3. The van der Waals surface area contributed by atoms with Crippen molar-refractivity contribution >= 4 is 33.6 Å². The van der Waals surface area contributed by atoms with Crippen molar-refractivity contribution in [3.8, 4) is 0 Å². The Balaban J connectivity index is 2.01. The van der Waals surface area contributed by atoms with Gasteiger partial charge < -0.3 is 10.1 Å². The summed E-state index contributed by atoms with van der Waals surface area (Å²) >= 11 is 0. The summed E-state index contributed by atoms with van der Waals surface area (Å²) in [6, 6.07) is 8.73. The van der Waals surface area contributed by atoms with Crippen LogP contribution in [0.1, 0.15) is 24.2 Å². The van der Waals surface area contributed by atoms with Crippen LogP contribution in [0.5, 0.6) is 0 Å². The van der Waals surface area contributed by atoms with Gasteiger partial charge in [0.25, 0.3) is 15.9 Å². The van der Waals surface area contributed by atoms with Crippen LogP contribution in [0.3, 0.4) is 0 Å². The summed E-state index contributed by atoms with van der Waals surface area (Å²) in [5.41, 5.74) is 0.0251. The zero-order valence-electron chi connectivity index (χ0n) is 16.1. The Morgan fingerprint density at radius 2 is 1.73 bits per heavy atom. The van der Waals surface area contributed by atoms with Gasteiger partial charge in [0.1, 0.15) is 5.82 Å². The lowest BCUT2D eigenvalue weighted by Gasteiger charge is -2.10. The number of ether oxygens (including phenoxy) is 1. The monoisotopic (exact) mass is 437 g/mol. The van der Waals surface area contributed by atoms with Gasteiger partial charge in [0.2, 0.25) is 0 Å². The van der Waals surface area contributed by atoms with E-state index in [1.165, 1.54) is 30.3 Å². The lowest BCUT2D eigenvalue weighted by molar-refractivity contribution is -0.123. The molecule has 0 aromatic heterocycles. The summed E-state index contributed by atoms with van der Waals surface area (Å²) in [6.45, 7) is 2.68. The van der Waals surface area contributed by atoms with Gasteiger partial charge in [-0.3, -0.25) is 14.8 Å². The van der Waals surface area contributed by atoms with Crippen molar-refractivity contribution in [3.63, 3.8) is 0 Å². The predicted octanol–water partition coefficient (Wildman–Crippen LogP) is 2.02. The SMILES string of the molecule is CC(C)NC(=O)NC(=O)COC(=O)c1cccc(S(=O)(=O)Nc2ccc(F)cc2)c1. The van der Waals surface area contributed by atoms with Crippen LogP contribution in [-0.2, 0) is 19.6 Å². The largest absolute Gasteiger partial charge is 0.452 e. The molecule has 2 aromatic rings. The summed E-state index contributed by atoms with van der Waals surface area (Å²) in [4.78, 5) is 35.0. The Morgan fingerprint density at radius 1 is 1.07 bits per heavy atom. The molecule has 3 N–H and O–H groups in total. The summed E-state index contributed by atoms with van der Waals surface area (Å²) in [5.74, 6) is -2.31. The second-order valence-electron chi connectivity index (χ2n) is 6.39. The Morgan fingerprint density at radius 3 is 2.37 bits per heavy atom. The Labute approximate surface area is 172 Å². The molecular weight excluding hydrogens is 417 g/mol. The molecule has 0 atom stereocenters. The highest BCUT2D eigenvalue weighted by Gasteiger charge is 2.18. The Kier molecular flexibility index (Phi) is 7.48. The van der Waals surface area contributed by atoms with E-state index in [9.17, 15) is 27.2 Å². The second kappa shape index (κ2) is 9.83.